The number of hydrogen-bond donors (Lipinski definition) is 3. The van der Waals surface area contributed by atoms with Gasteiger partial charge in [-0.2, -0.15) is 4.94 Å². The number of nitrogens with one attached hydrogen (secondary N) is 1. The molecule has 9 atom stereocenters. The summed E-state index contributed by atoms with van der Waals surface area (Å²) in [5.41, 5.74) is 0.337. The number of rotatable bonds is 8. The fraction of sp³-hybridized carbons (Fsp3) is 0.706. The van der Waals surface area contributed by atoms with Crippen LogP contribution in [0.25, 0.3) is 0 Å². The second-order valence-corrected chi connectivity index (χ2v) is 11.9. The number of carbonyl (C=O) groups excluding carboxylic acids is 2. The second-order valence-electron chi connectivity index (χ2n) is 11.9. The number of fused-ring (bicyclic) bond motifs is 1. The van der Waals surface area contributed by atoms with E-state index in [1.807, 2.05) is 20.8 Å². The first kappa shape index (κ1) is 41.4. The van der Waals surface area contributed by atoms with Crippen molar-refractivity contribution in [2.75, 3.05) is 41.7 Å². The lowest BCUT2D eigenvalue weighted by Crippen LogP contribution is -2.49. The highest BCUT2D eigenvalue weighted by Crippen LogP contribution is 2.37. The Morgan fingerprint density at radius 1 is 1.17 bits per heavy atom. The molecular formula is C34H56FNO10. The van der Waals surface area contributed by atoms with Crippen LogP contribution in [0.1, 0.15) is 70.8 Å². The molecule has 0 bridgehead atoms. The Balaban J connectivity index is 0.000000404. The zero-order chi connectivity index (χ0) is 34.9. The Bertz CT molecular complexity index is 1060. The molecule has 264 valence electrons. The summed E-state index contributed by atoms with van der Waals surface area (Å²) < 4.78 is 37.9. The van der Waals surface area contributed by atoms with Crippen molar-refractivity contribution in [3.05, 3.63) is 47.8 Å². The Labute approximate surface area is 273 Å². The second kappa shape index (κ2) is 21.3. The molecule has 0 amide bonds. The van der Waals surface area contributed by atoms with Gasteiger partial charge in [0, 0.05) is 46.5 Å². The third kappa shape index (κ3) is 12.2. The van der Waals surface area contributed by atoms with Crippen molar-refractivity contribution in [2.24, 2.45) is 23.7 Å². The van der Waals surface area contributed by atoms with E-state index in [-0.39, 0.29) is 43.1 Å². The molecule has 1 aromatic heterocycles. The number of aliphatic hydroxyl groups excluding tert-OH is 1. The topological polar surface area (TPSA) is 146 Å². The fourth-order valence-corrected chi connectivity index (χ4v) is 6.13. The smallest absolute Gasteiger partial charge is 0.355 e. The minimum absolute atomic E-state index is 0.0570. The van der Waals surface area contributed by atoms with E-state index in [4.69, 9.17) is 18.9 Å². The van der Waals surface area contributed by atoms with Crippen LogP contribution in [0.4, 0.5) is 4.53 Å². The van der Waals surface area contributed by atoms with E-state index < -0.39 is 41.9 Å². The first-order chi connectivity index (χ1) is 21.9. The van der Waals surface area contributed by atoms with Gasteiger partial charge in [0.25, 0.3) is 0 Å². The molecule has 0 aromatic carbocycles. The lowest BCUT2D eigenvalue weighted by molar-refractivity contribution is -0.239. The molecule has 1 aromatic rings. The number of methoxy groups -OCH3 is 3. The van der Waals surface area contributed by atoms with Gasteiger partial charge in [-0.15, -0.1) is 0 Å². The number of carbonyl (C=O) groups is 2. The molecule has 3 N–H and O–H groups in total. The minimum atomic E-state index is -1.20. The first-order valence-electron chi connectivity index (χ1n) is 15.9. The minimum Gasteiger partial charge on any atom is -0.459 e. The van der Waals surface area contributed by atoms with E-state index in [1.165, 1.54) is 19.8 Å². The van der Waals surface area contributed by atoms with Crippen molar-refractivity contribution in [2.45, 2.75) is 90.3 Å². The van der Waals surface area contributed by atoms with Crippen LogP contribution >= 0.6 is 0 Å². The average Bonchev–Trinajstić information content (AvgIpc) is 3.72. The third-order valence-corrected chi connectivity index (χ3v) is 8.15. The Morgan fingerprint density at radius 3 is 2.41 bits per heavy atom. The Kier molecular flexibility index (Phi) is 19.2. The number of aromatic nitrogens is 1. The number of allylic oxidation sites excluding steroid dienone is 3. The molecule has 46 heavy (non-hydrogen) atoms. The van der Waals surface area contributed by atoms with Gasteiger partial charge in [-0.25, -0.2) is 4.79 Å². The number of ether oxygens (including phenoxy) is 5. The molecule has 12 heteroatoms. The number of esters is 2. The van der Waals surface area contributed by atoms with Crippen molar-refractivity contribution >= 4 is 11.9 Å². The van der Waals surface area contributed by atoms with E-state index in [9.17, 15) is 24.3 Å². The summed E-state index contributed by atoms with van der Waals surface area (Å²) in [7, 11) is 6.25. The van der Waals surface area contributed by atoms with Crippen LogP contribution < -0.4 is 0 Å². The zero-order valence-electron chi connectivity index (χ0n) is 28.9. The van der Waals surface area contributed by atoms with Gasteiger partial charge >= 0.3 is 11.9 Å². The van der Waals surface area contributed by atoms with E-state index in [0.29, 0.717) is 18.8 Å². The van der Waals surface area contributed by atoms with Crippen LogP contribution in [0, 0.1) is 23.7 Å². The predicted molar refractivity (Wildman–Crippen MR) is 172 cm³/mol. The standard InChI is InChI=1S/C17H26O4.C13H18FNO5.C2H6O.C2H6/c1-11-8-12(2)16(17(3,19)10-20-4)21-15(18)9-13-6-5-7-14(11)13;1-18-7-8-10(16)4-5-11(20-14)12(8)19-13(17)9-3-2-6-15-9;1-3-2;1-2/h5-6,8,12-14,16,19H,7,9-10H2,1-4H3;2-3,6,8,10-12,15-16H,4-5,7H2,1H3;1-2H3;1-2H3/b11-8+;;;/t12-,13-,14+,16+,17?;8-,10+,11-,12?;;/m11../s1. The molecule has 2 heterocycles. The third-order valence-electron chi connectivity index (χ3n) is 8.15. The van der Waals surface area contributed by atoms with Crippen molar-refractivity contribution in [1.29, 1.82) is 0 Å². The van der Waals surface area contributed by atoms with Gasteiger partial charge in [0.05, 0.1) is 25.7 Å². The highest BCUT2D eigenvalue weighted by Gasteiger charge is 2.43. The van der Waals surface area contributed by atoms with Gasteiger partial charge in [0.2, 0.25) is 0 Å². The van der Waals surface area contributed by atoms with Crippen LogP contribution in [0.15, 0.2) is 42.1 Å². The summed E-state index contributed by atoms with van der Waals surface area (Å²) in [5, 5.41) is 20.5. The number of hydrogen-bond acceptors (Lipinski definition) is 10. The number of aromatic amines is 1. The highest BCUT2D eigenvalue weighted by atomic mass is 19.3. The first-order valence-corrected chi connectivity index (χ1v) is 15.9. The lowest BCUT2D eigenvalue weighted by Gasteiger charge is -2.37. The molecule has 2 aliphatic carbocycles. The van der Waals surface area contributed by atoms with E-state index in [0.717, 1.165) is 6.42 Å². The van der Waals surface area contributed by atoms with E-state index in [2.05, 4.69) is 39.8 Å². The van der Waals surface area contributed by atoms with Crippen molar-refractivity contribution in [3.63, 3.8) is 0 Å². The highest BCUT2D eigenvalue weighted by molar-refractivity contribution is 5.87. The quantitative estimate of drug-likeness (QED) is 0.258. The molecule has 4 rings (SSSR count). The molecule has 3 aliphatic rings. The van der Waals surface area contributed by atoms with Crippen LogP contribution in [0.5, 0.6) is 0 Å². The van der Waals surface area contributed by atoms with Gasteiger partial charge in [-0.1, -0.05) is 44.6 Å². The van der Waals surface area contributed by atoms with Crippen LogP contribution in [-0.4, -0.2) is 98.8 Å². The number of halogens is 1. The number of cyclic esters (lactones) is 1. The largest absolute Gasteiger partial charge is 0.459 e. The van der Waals surface area contributed by atoms with Crippen molar-refractivity contribution < 1.29 is 53.0 Å². The van der Waals surface area contributed by atoms with E-state index in [1.54, 1.807) is 39.5 Å². The summed E-state index contributed by atoms with van der Waals surface area (Å²) in [6.07, 6.45) is 6.89. The number of H-pyrrole nitrogens is 1. The summed E-state index contributed by atoms with van der Waals surface area (Å²) in [5.74, 6) is -0.838. The molecule has 11 nitrogen and oxygen atoms in total. The predicted octanol–water partition coefficient (Wildman–Crippen LogP) is 4.99. The summed E-state index contributed by atoms with van der Waals surface area (Å²) in [6, 6.07) is 3.21. The molecule has 0 radical (unpaired) electrons. The van der Waals surface area contributed by atoms with Gasteiger partial charge in [-0.05, 0) is 61.6 Å². The maximum atomic E-state index is 12.6. The maximum absolute atomic E-state index is 12.6. The van der Waals surface area contributed by atoms with Crippen LogP contribution in [0.2, 0.25) is 0 Å². The van der Waals surface area contributed by atoms with Crippen molar-refractivity contribution in [1.82, 2.24) is 4.98 Å². The Morgan fingerprint density at radius 2 is 1.85 bits per heavy atom. The summed E-state index contributed by atoms with van der Waals surface area (Å²) in [6.45, 7) is 10.0. The summed E-state index contributed by atoms with van der Waals surface area (Å²) >= 11 is 0. The van der Waals surface area contributed by atoms with Crippen LogP contribution in [0.3, 0.4) is 0 Å². The van der Waals surface area contributed by atoms with Crippen LogP contribution in [-0.2, 0) is 33.4 Å². The van der Waals surface area contributed by atoms with Gasteiger partial charge in [-0.3, -0.25) is 4.79 Å². The monoisotopic (exact) mass is 657 g/mol. The summed E-state index contributed by atoms with van der Waals surface area (Å²) in [4.78, 5) is 30.8. The molecule has 2 unspecified atom stereocenters. The normalized spacial score (nSPS) is 31.1. The molecule has 1 fully saturated rings. The Hall–Kier alpha value is -2.61. The molecule has 0 spiro atoms. The maximum Gasteiger partial charge on any atom is 0.355 e. The number of aliphatic hydroxyl groups is 2. The fourth-order valence-electron chi connectivity index (χ4n) is 6.13. The molecular weight excluding hydrogens is 601 g/mol. The van der Waals surface area contributed by atoms with Gasteiger partial charge in [0.1, 0.15) is 29.6 Å². The average molecular weight is 658 g/mol. The molecule has 1 aliphatic heterocycles. The SMILES string of the molecule is CC.COC.COCC(C)(O)[C@H]1OC(=O)C[C@H]2C=CC[C@H]2/C(C)=C/[C@H]1C.COC[C@H]1C(OC(=O)c2ccc[nH]2)[C@H](OF)CC[C@@H]1O. The van der Waals surface area contributed by atoms with Crippen molar-refractivity contribution in [3.8, 4) is 0 Å². The van der Waals surface area contributed by atoms with E-state index >= 15 is 0 Å². The van der Waals surface area contributed by atoms with Gasteiger partial charge in [0.15, 0.2) is 0 Å². The molecule has 0 saturated heterocycles. The van der Waals surface area contributed by atoms with Gasteiger partial charge < -0.3 is 38.9 Å². The molecule has 1 saturated carbocycles. The lowest BCUT2D eigenvalue weighted by atomic mass is 9.82. The zero-order valence-corrected chi connectivity index (χ0v) is 28.9.